The summed E-state index contributed by atoms with van der Waals surface area (Å²) in [6.07, 6.45) is 0. The van der Waals surface area contributed by atoms with E-state index in [1.54, 1.807) is 42.5 Å². The van der Waals surface area contributed by atoms with Crippen LogP contribution in [0, 0.1) is 0 Å². The van der Waals surface area contributed by atoms with Crippen LogP contribution in [-0.2, 0) is 11.3 Å². The lowest BCUT2D eigenvalue weighted by atomic mass is 10.1. The van der Waals surface area contributed by atoms with Gasteiger partial charge in [0.2, 0.25) is 0 Å². The summed E-state index contributed by atoms with van der Waals surface area (Å²) in [4.78, 5) is 38.6. The maximum absolute atomic E-state index is 12.4. The minimum atomic E-state index is -0.559. The summed E-state index contributed by atoms with van der Waals surface area (Å²) in [5, 5.41) is 2.77. The van der Waals surface area contributed by atoms with Crippen LogP contribution in [0.3, 0.4) is 0 Å². The van der Waals surface area contributed by atoms with E-state index >= 15 is 0 Å². The van der Waals surface area contributed by atoms with Crippen molar-refractivity contribution in [2.75, 3.05) is 10.2 Å². The Balaban J connectivity index is 1.59. The molecule has 0 radical (unpaired) electrons. The van der Waals surface area contributed by atoms with Crippen LogP contribution in [-0.4, -0.2) is 17.6 Å². The molecule has 0 unspecified atom stereocenters. The Morgan fingerprint density at radius 2 is 1.52 bits per heavy atom. The third kappa shape index (κ3) is 3.22. The molecule has 1 aliphatic heterocycles. The second kappa shape index (κ2) is 6.88. The van der Waals surface area contributed by atoms with E-state index < -0.39 is 11.7 Å². The topological polar surface area (TPSA) is 66.5 Å². The first-order chi connectivity index (χ1) is 13.1. The molecule has 5 heteroatoms. The average Bonchev–Trinajstić information content (AvgIpc) is 2.94. The van der Waals surface area contributed by atoms with Crippen LogP contribution in [0.1, 0.15) is 26.3 Å². The molecule has 1 heterocycles. The number of fused-ring (bicyclic) bond motifs is 1. The Bertz CT molecular complexity index is 1030. The molecule has 3 aromatic carbocycles. The summed E-state index contributed by atoms with van der Waals surface area (Å²) < 4.78 is 0. The normalized spacial score (nSPS) is 12.8. The van der Waals surface area contributed by atoms with Gasteiger partial charge in [-0.2, -0.15) is 0 Å². The van der Waals surface area contributed by atoms with Crippen LogP contribution in [0.2, 0.25) is 0 Å². The molecule has 4 rings (SSSR count). The van der Waals surface area contributed by atoms with Gasteiger partial charge in [-0.1, -0.05) is 48.5 Å². The number of rotatable bonds is 4. The van der Waals surface area contributed by atoms with Gasteiger partial charge in [0.15, 0.2) is 0 Å². The quantitative estimate of drug-likeness (QED) is 0.726. The molecule has 0 spiro atoms. The minimum Gasteiger partial charge on any atom is -0.322 e. The Hall–Kier alpha value is -3.73. The van der Waals surface area contributed by atoms with Gasteiger partial charge in [0.05, 0.1) is 17.8 Å². The third-order valence-electron chi connectivity index (χ3n) is 4.45. The molecule has 0 aliphatic carbocycles. The fourth-order valence-electron chi connectivity index (χ4n) is 3.09. The van der Waals surface area contributed by atoms with Crippen LogP contribution in [0.5, 0.6) is 0 Å². The number of carbonyl (C=O) groups excluding carboxylic acids is 3. The number of carbonyl (C=O) groups is 3. The highest BCUT2D eigenvalue weighted by Gasteiger charge is 2.35. The van der Waals surface area contributed by atoms with Crippen molar-refractivity contribution in [3.8, 4) is 0 Å². The van der Waals surface area contributed by atoms with Crippen LogP contribution in [0.4, 0.5) is 11.4 Å². The number of amides is 2. The van der Waals surface area contributed by atoms with Crippen LogP contribution in [0.25, 0.3) is 0 Å². The zero-order chi connectivity index (χ0) is 18.8. The van der Waals surface area contributed by atoms with Crippen molar-refractivity contribution in [3.05, 3.63) is 95.6 Å². The highest BCUT2D eigenvalue weighted by atomic mass is 16.2. The lowest BCUT2D eigenvalue weighted by Gasteiger charge is -2.17. The number of hydrogen-bond acceptors (Lipinski definition) is 3. The Morgan fingerprint density at radius 1 is 0.852 bits per heavy atom. The predicted octanol–water partition coefficient (Wildman–Crippen LogP) is 3.67. The monoisotopic (exact) mass is 356 g/mol. The molecule has 2 amide bonds. The molecule has 27 heavy (non-hydrogen) atoms. The van der Waals surface area contributed by atoms with Crippen molar-refractivity contribution in [1.82, 2.24) is 0 Å². The molecule has 0 saturated carbocycles. The molecule has 0 saturated heterocycles. The first kappa shape index (κ1) is 16.7. The van der Waals surface area contributed by atoms with E-state index in [2.05, 4.69) is 5.32 Å². The van der Waals surface area contributed by atoms with Gasteiger partial charge >= 0.3 is 0 Å². The summed E-state index contributed by atoms with van der Waals surface area (Å²) in [6.45, 7) is 0.328. The summed E-state index contributed by atoms with van der Waals surface area (Å²) in [7, 11) is 0. The number of ketones is 1. The number of nitrogens with one attached hydrogen (secondary N) is 1. The maximum atomic E-state index is 12.4. The molecule has 0 fully saturated rings. The van der Waals surface area contributed by atoms with Gasteiger partial charge in [-0.25, -0.2) is 0 Å². The van der Waals surface area contributed by atoms with Crippen molar-refractivity contribution in [2.24, 2.45) is 0 Å². The number of nitrogens with zero attached hydrogens (tertiary/aromatic N) is 1. The SMILES string of the molecule is O=C(Nc1ccc2c(c1)C(=O)C(=O)N2Cc1ccccc1)c1ccccc1. The van der Waals surface area contributed by atoms with E-state index in [0.29, 0.717) is 29.0 Å². The minimum absolute atomic E-state index is 0.270. The third-order valence-corrected chi connectivity index (χ3v) is 4.45. The highest BCUT2D eigenvalue weighted by Crippen LogP contribution is 2.32. The van der Waals surface area contributed by atoms with E-state index in [0.717, 1.165) is 5.56 Å². The van der Waals surface area contributed by atoms with Crippen molar-refractivity contribution < 1.29 is 14.4 Å². The van der Waals surface area contributed by atoms with Gasteiger partial charge in [0.25, 0.3) is 17.6 Å². The Morgan fingerprint density at radius 3 is 2.22 bits per heavy atom. The summed E-state index contributed by atoms with van der Waals surface area (Å²) >= 11 is 0. The van der Waals surface area contributed by atoms with Crippen molar-refractivity contribution in [1.29, 1.82) is 0 Å². The van der Waals surface area contributed by atoms with Gasteiger partial charge in [0, 0.05) is 11.3 Å². The second-order valence-corrected chi connectivity index (χ2v) is 6.26. The van der Waals surface area contributed by atoms with E-state index in [4.69, 9.17) is 0 Å². The van der Waals surface area contributed by atoms with Gasteiger partial charge in [-0.05, 0) is 35.9 Å². The highest BCUT2D eigenvalue weighted by molar-refractivity contribution is 6.52. The molecule has 3 aromatic rings. The zero-order valence-corrected chi connectivity index (χ0v) is 14.4. The van der Waals surface area contributed by atoms with Crippen molar-refractivity contribution in [3.63, 3.8) is 0 Å². The molecule has 1 N–H and O–H groups in total. The van der Waals surface area contributed by atoms with Crippen molar-refractivity contribution >= 4 is 29.0 Å². The van der Waals surface area contributed by atoms with Gasteiger partial charge in [-0.15, -0.1) is 0 Å². The van der Waals surface area contributed by atoms with E-state index in [9.17, 15) is 14.4 Å². The molecular formula is C22H16N2O3. The number of benzene rings is 3. The Kier molecular flexibility index (Phi) is 4.26. The van der Waals surface area contributed by atoms with E-state index in [1.165, 1.54) is 4.90 Å². The lowest BCUT2D eigenvalue weighted by Crippen LogP contribution is -2.29. The first-order valence-corrected chi connectivity index (χ1v) is 8.54. The molecule has 0 aromatic heterocycles. The summed E-state index contributed by atoms with van der Waals surface area (Å²) in [5.41, 5.74) is 2.80. The largest absolute Gasteiger partial charge is 0.322 e. The standard InChI is InChI=1S/C22H16N2O3/c25-20-18-13-17(23-21(26)16-9-5-2-6-10-16)11-12-19(18)24(22(20)27)14-15-7-3-1-4-8-15/h1-13H,14H2,(H,23,26). The molecule has 132 valence electrons. The Labute approximate surface area is 156 Å². The van der Waals surface area contributed by atoms with Crippen LogP contribution >= 0.6 is 0 Å². The molecule has 0 atom stereocenters. The summed E-state index contributed by atoms with van der Waals surface area (Å²) in [6, 6.07) is 23.2. The van der Waals surface area contributed by atoms with Crippen molar-refractivity contribution in [2.45, 2.75) is 6.54 Å². The second-order valence-electron chi connectivity index (χ2n) is 6.26. The first-order valence-electron chi connectivity index (χ1n) is 8.54. The van der Waals surface area contributed by atoms with Gasteiger partial charge in [0.1, 0.15) is 0 Å². The molecule has 0 bridgehead atoms. The fraction of sp³-hybridized carbons (Fsp3) is 0.0455. The zero-order valence-electron chi connectivity index (χ0n) is 14.4. The van der Waals surface area contributed by atoms with Crippen LogP contribution < -0.4 is 10.2 Å². The van der Waals surface area contributed by atoms with E-state index in [1.807, 2.05) is 36.4 Å². The van der Waals surface area contributed by atoms with Gasteiger partial charge < -0.3 is 10.2 Å². The number of Topliss-reactive ketones (excluding diaryl/α,β-unsaturated/α-hetero) is 1. The average molecular weight is 356 g/mol. The van der Waals surface area contributed by atoms with Gasteiger partial charge in [-0.3, -0.25) is 14.4 Å². The van der Waals surface area contributed by atoms with E-state index in [-0.39, 0.29) is 5.91 Å². The molecular weight excluding hydrogens is 340 g/mol. The fourth-order valence-corrected chi connectivity index (χ4v) is 3.09. The van der Waals surface area contributed by atoms with Crippen LogP contribution in [0.15, 0.2) is 78.9 Å². The predicted molar refractivity (Wildman–Crippen MR) is 103 cm³/mol. The number of hydrogen-bond donors (Lipinski definition) is 1. The summed E-state index contributed by atoms with van der Waals surface area (Å²) in [5.74, 6) is -1.38. The maximum Gasteiger partial charge on any atom is 0.299 e. The lowest BCUT2D eigenvalue weighted by molar-refractivity contribution is -0.114. The molecule has 5 nitrogen and oxygen atoms in total. The number of anilines is 2. The molecule has 1 aliphatic rings. The smallest absolute Gasteiger partial charge is 0.299 e.